The van der Waals surface area contributed by atoms with E-state index in [2.05, 4.69) is 4.72 Å². The van der Waals surface area contributed by atoms with Crippen LogP contribution in [0.1, 0.15) is 11.1 Å². The Bertz CT molecular complexity index is 725. The molecule has 0 unspecified atom stereocenters. The topological polar surface area (TPSA) is 46.2 Å². The van der Waals surface area contributed by atoms with Gasteiger partial charge in [0.15, 0.2) is 0 Å². The maximum atomic E-state index is 12.3. The van der Waals surface area contributed by atoms with Gasteiger partial charge in [0.05, 0.1) is 5.02 Å². The second kappa shape index (κ2) is 6.79. The molecule has 2 aromatic carbocycles. The molecule has 0 aliphatic carbocycles. The van der Waals surface area contributed by atoms with Gasteiger partial charge in [0.2, 0.25) is 10.0 Å². The fourth-order valence-electron chi connectivity index (χ4n) is 2.05. The van der Waals surface area contributed by atoms with Crippen molar-refractivity contribution in [1.82, 2.24) is 4.72 Å². The van der Waals surface area contributed by atoms with Gasteiger partial charge in [-0.25, -0.2) is 13.1 Å². The molecular formula is C15H15Cl2NO2S. The summed E-state index contributed by atoms with van der Waals surface area (Å²) in [7, 11) is -3.63. The van der Waals surface area contributed by atoms with Crippen molar-refractivity contribution in [2.24, 2.45) is 0 Å². The first-order chi connectivity index (χ1) is 9.92. The quantitative estimate of drug-likeness (QED) is 0.896. The first-order valence-electron chi connectivity index (χ1n) is 6.40. The van der Waals surface area contributed by atoms with Crippen LogP contribution in [-0.4, -0.2) is 15.0 Å². The van der Waals surface area contributed by atoms with Crippen LogP contribution < -0.4 is 4.72 Å². The smallest absolute Gasteiger partial charge is 0.211 e. The molecule has 3 nitrogen and oxygen atoms in total. The molecule has 0 bridgehead atoms. The molecule has 0 amide bonds. The lowest BCUT2D eigenvalue weighted by Crippen LogP contribution is -2.27. The summed E-state index contributed by atoms with van der Waals surface area (Å²) in [6.07, 6.45) is 0.516. The molecule has 2 rings (SSSR count). The van der Waals surface area contributed by atoms with Crippen LogP contribution in [0.4, 0.5) is 0 Å². The van der Waals surface area contributed by atoms with E-state index in [1.807, 2.05) is 18.2 Å². The Kier molecular flexibility index (Phi) is 5.27. The molecule has 0 radical (unpaired) electrons. The third-order valence-corrected chi connectivity index (χ3v) is 5.54. The average molecular weight is 344 g/mol. The van der Waals surface area contributed by atoms with E-state index in [1.165, 1.54) is 0 Å². The molecule has 0 saturated heterocycles. The van der Waals surface area contributed by atoms with Crippen molar-refractivity contribution in [3.05, 3.63) is 63.6 Å². The highest BCUT2D eigenvalue weighted by Crippen LogP contribution is 2.24. The van der Waals surface area contributed by atoms with Crippen molar-refractivity contribution in [2.45, 2.75) is 18.2 Å². The van der Waals surface area contributed by atoms with Crippen LogP contribution >= 0.6 is 23.2 Å². The van der Waals surface area contributed by atoms with Crippen molar-refractivity contribution >= 4 is 33.2 Å². The minimum absolute atomic E-state index is 0.130. The van der Waals surface area contributed by atoms with Gasteiger partial charge in [-0.3, -0.25) is 0 Å². The zero-order valence-corrected chi connectivity index (χ0v) is 13.8. The molecule has 0 aromatic heterocycles. The molecule has 0 aliphatic heterocycles. The van der Waals surface area contributed by atoms with Crippen molar-refractivity contribution in [3.8, 4) is 0 Å². The normalized spacial score (nSPS) is 11.6. The maximum absolute atomic E-state index is 12.3. The highest BCUT2D eigenvalue weighted by atomic mass is 35.5. The second-order valence-electron chi connectivity index (χ2n) is 4.63. The molecule has 0 fully saturated rings. The van der Waals surface area contributed by atoms with Crippen LogP contribution in [0.2, 0.25) is 10.0 Å². The van der Waals surface area contributed by atoms with E-state index < -0.39 is 10.0 Å². The molecule has 1 N–H and O–H groups in total. The van der Waals surface area contributed by atoms with Crippen LogP contribution in [0.15, 0.2) is 47.4 Å². The first kappa shape index (κ1) is 16.3. The fourth-order valence-corrected chi connectivity index (χ4v) is 4.14. The summed E-state index contributed by atoms with van der Waals surface area (Å²) in [6.45, 7) is 1.98. The van der Waals surface area contributed by atoms with Gasteiger partial charge >= 0.3 is 0 Å². The number of benzene rings is 2. The van der Waals surface area contributed by atoms with E-state index >= 15 is 0 Å². The Labute approximate surface area is 135 Å². The van der Waals surface area contributed by atoms with Gasteiger partial charge in [-0.2, -0.15) is 0 Å². The second-order valence-corrected chi connectivity index (χ2v) is 7.14. The highest BCUT2D eigenvalue weighted by Gasteiger charge is 2.19. The van der Waals surface area contributed by atoms with Crippen molar-refractivity contribution in [1.29, 1.82) is 0 Å². The zero-order valence-electron chi connectivity index (χ0n) is 11.4. The predicted molar refractivity (Wildman–Crippen MR) is 86.5 cm³/mol. The minimum atomic E-state index is -3.63. The summed E-state index contributed by atoms with van der Waals surface area (Å²) >= 11 is 12.0. The Balaban J connectivity index is 2.11. The fraction of sp³-hybridized carbons (Fsp3) is 0.200. The monoisotopic (exact) mass is 343 g/mol. The summed E-state index contributed by atoms with van der Waals surface area (Å²) in [6, 6.07) is 12.4. The Morgan fingerprint density at radius 2 is 1.67 bits per heavy atom. The number of rotatable bonds is 5. The van der Waals surface area contributed by atoms with E-state index in [1.54, 1.807) is 31.2 Å². The number of halogens is 2. The van der Waals surface area contributed by atoms with Crippen LogP contribution in [0, 0.1) is 6.92 Å². The van der Waals surface area contributed by atoms with E-state index in [-0.39, 0.29) is 16.5 Å². The number of sulfonamides is 1. The van der Waals surface area contributed by atoms with E-state index in [0.29, 0.717) is 17.0 Å². The molecule has 0 spiro atoms. The SMILES string of the molecule is Cc1cccc(Cl)c1S(=O)(=O)NCCc1ccccc1Cl. The third kappa shape index (κ3) is 3.98. The van der Waals surface area contributed by atoms with Crippen LogP contribution in [-0.2, 0) is 16.4 Å². The summed E-state index contributed by atoms with van der Waals surface area (Å²) < 4.78 is 27.2. The molecular weight excluding hydrogens is 329 g/mol. The summed E-state index contributed by atoms with van der Waals surface area (Å²) in [4.78, 5) is 0.130. The Morgan fingerprint density at radius 3 is 2.33 bits per heavy atom. The van der Waals surface area contributed by atoms with E-state index in [9.17, 15) is 8.42 Å². The first-order valence-corrected chi connectivity index (χ1v) is 8.64. The van der Waals surface area contributed by atoms with Crippen LogP contribution in [0.5, 0.6) is 0 Å². The van der Waals surface area contributed by atoms with Gasteiger partial charge < -0.3 is 0 Å². The molecule has 0 aliphatic rings. The van der Waals surface area contributed by atoms with Crippen LogP contribution in [0.3, 0.4) is 0 Å². The zero-order chi connectivity index (χ0) is 15.5. The lowest BCUT2D eigenvalue weighted by atomic mass is 10.1. The molecule has 21 heavy (non-hydrogen) atoms. The number of aryl methyl sites for hydroxylation is 1. The van der Waals surface area contributed by atoms with E-state index in [0.717, 1.165) is 5.56 Å². The molecule has 6 heteroatoms. The minimum Gasteiger partial charge on any atom is -0.211 e. The Morgan fingerprint density at radius 1 is 1.00 bits per heavy atom. The van der Waals surface area contributed by atoms with Gasteiger partial charge in [0.1, 0.15) is 4.90 Å². The van der Waals surface area contributed by atoms with Crippen molar-refractivity contribution < 1.29 is 8.42 Å². The van der Waals surface area contributed by atoms with Gasteiger partial charge in [0.25, 0.3) is 0 Å². The number of hydrogen-bond acceptors (Lipinski definition) is 2. The molecule has 112 valence electrons. The van der Waals surface area contributed by atoms with Gasteiger partial charge in [-0.05, 0) is 36.6 Å². The van der Waals surface area contributed by atoms with Crippen molar-refractivity contribution in [2.75, 3.05) is 6.54 Å². The summed E-state index contributed by atoms with van der Waals surface area (Å²) in [5.74, 6) is 0. The average Bonchev–Trinajstić information content (AvgIpc) is 2.40. The standard InChI is InChI=1S/C15H15Cl2NO2S/c1-11-5-4-8-14(17)15(11)21(19,20)18-10-9-12-6-2-3-7-13(12)16/h2-8,18H,9-10H2,1H3. The van der Waals surface area contributed by atoms with Gasteiger partial charge in [0, 0.05) is 11.6 Å². The maximum Gasteiger partial charge on any atom is 0.242 e. The van der Waals surface area contributed by atoms with Crippen molar-refractivity contribution in [3.63, 3.8) is 0 Å². The predicted octanol–water partition coefficient (Wildman–Crippen LogP) is 3.82. The van der Waals surface area contributed by atoms with Gasteiger partial charge in [-0.15, -0.1) is 0 Å². The molecule has 0 heterocycles. The highest BCUT2D eigenvalue weighted by molar-refractivity contribution is 7.89. The lowest BCUT2D eigenvalue weighted by Gasteiger charge is -2.11. The molecule has 2 aromatic rings. The lowest BCUT2D eigenvalue weighted by molar-refractivity contribution is 0.581. The largest absolute Gasteiger partial charge is 0.242 e. The summed E-state index contributed by atoms with van der Waals surface area (Å²) in [5, 5.41) is 0.853. The number of hydrogen-bond donors (Lipinski definition) is 1. The van der Waals surface area contributed by atoms with Gasteiger partial charge in [-0.1, -0.05) is 53.5 Å². The molecule has 0 saturated carbocycles. The third-order valence-electron chi connectivity index (χ3n) is 3.08. The number of nitrogens with one attached hydrogen (secondary N) is 1. The van der Waals surface area contributed by atoms with E-state index in [4.69, 9.17) is 23.2 Å². The summed E-state index contributed by atoms with van der Waals surface area (Å²) in [5.41, 5.74) is 1.52. The molecule has 0 atom stereocenters. The van der Waals surface area contributed by atoms with Crippen LogP contribution in [0.25, 0.3) is 0 Å². The Hall–Kier alpha value is -1.07.